The number of ether oxygens (including phenoxy) is 1. The fourth-order valence-corrected chi connectivity index (χ4v) is 4.69. The molecule has 10 nitrogen and oxygen atoms in total. The number of aromatic nitrogens is 4. The number of amides is 2. The highest BCUT2D eigenvalue weighted by molar-refractivity contribution is 5.85. The standard InChI is InChI=1S/C26H30F3N7O3.ClH/c1-3-23(37)31-15-24(38)35-12-11-21(20(16-35)17-7-5-4-6-8-17)30-14-18-13-19(9-10-22(18)39-2)36-25(26(27,28)29)32-33-34-36;/h4-10,13,20-21,30H,3,11-12,14-16H2,1-2H3,(H,31,37);1H/t20-,21-;/m0./s1. The van der Waals surface area contributed by atoms with Crippen LogP contribution in [0.4, 0.5) is 13.2 Å². The van der Waals surface area contributed by atoms with Crippen molar-refractivity contribution in [3.8, 4) is 11.4 Å². The molecule has 14 heteroatoms. The van der Waals surface area contributed by atoms with Gasteiger partial charge in [0.1, 0.15) is 5.75 Å². The van der Waals surface area contributed by atoms with Crippen LogP contribution in [0.1, 0.15) is 42.6 Å². The molecular weight excluding hydrogens is 551 g/mol. The monoisotopic (exact) mass is 581 g/mol. The lowest BCUT2D eigenvalue weighted by Crippen LogP contribution is -2.51. The Morgan fingerprint density at radius 2 is 1.90 bits per heavy atom. The van der Waals surface area contributed by atoms with Crippen molar-refractivity contribution >= 4 is 24.2 Å². The molecule has 2 heterocycles. The molecule has 2 amide bonds. The van der Waals surface area contributed by atoms with E-state index in [0.29, 0.717) is 48.5 Å². The number of carbonyl (C=O) groups excluding carboxylic acids is 2. The van der Waals surface area contributed by atoms with Gasteiger partial charge < -0.3 is 20.3 Å². The minimum atomic E-state index is -4.71. The van der Waals surface area contributed by atoms with E-state index in [1.54, 1.807) is 24.0 Å². The molecule has 40 heavy (non-hydrogen) atoms. The van der Waals surface area contributed by atoms with Gasteiger partial charge in [0.15, 0.2) is 0 Å². The maximum atomic E-state index is 13.4. The maximum Gasteiger partial charge on any atom is 0.453 e. The van der Waals surface area contributed by atoms with E-state index in [1.165, 1.54) is 13.2 Å². The number of piperidine rings is 1. The lowest BCUT2D eigenvalue weighted by Gasteiger charge is -2.39. The number of rotatable bonds is 9. The smallest absolute Gasteiger partial charge is 0.453 e. The summed E-state index contributed by atoms with van der Waals surface area (Å²) in [6.45, 7) is 2.94. The molecule has 3 aromatic rings. The van der Waals surface area contributed by atoms with E-state index in [0.717, 1.165) is 5.56 Å². The predicted octanol–water partition coefficient (Wildman–Crippen LogP) is 3.11. The van der Waals surface area contributed by atoms with Gasteiger partial charge in [-0.1, -0.05) is 37.3 Å². The van der Waals surface area contributed by atoms with Crippen LogP contribution in [0, 0.1) is 0 Å². The number of alkyl halides is 3. The van der Waals surface area contributed by atoms with Crippen LogP contribution in [0.2, 0.25) is 0 Å². The molecular formula is C26H31ClF3N7O3. The molecule has 0 radical (unpaired) electrons. The molecule has 1 saturated heterocycles. The molecule has 1 fully saturated rings. The van der Waals surface area contributed by atoms with Crippen LogP contribution in [-0.4, -0.2) is 69.7 Å². The normalized spacial score (nSPS) is 17.2. The van der Waals surface area contributed by atoms with Crippen molar-refractivity contribution in [3.63, 3.8) is 0 Å². The van der Waals surface area contributed by atoms with Crippen molar-refractivity contribution in [1.82, 2.24) is 35.7 Å². The Morgan fingerprint density at radius 3 is 2.58 bits per heavy atom. The number of halogens is 4. The molecule has 0 saturated carbocycles. The summed E-state index contributed by atoms with van der Waals surface area (Å²) in [6, 6.07) is 14.4. The molecule has 2 atom stereocenters. The fourth-order valence-electron chi connectivity index (χ4n) is 4.69. The van der Waals surface area contributed by atoms with Crippen LogP contribution in [0.25, 0.3) is 5.69 Å². The lowest BCUT2D eigenvalue weighted by atomic mass is 9.85. The summed E-state index contributed by atoms with van der Waals surface area (Å²) in [5.41, 5.74) is 1.83. The third kappa shape index (κ3) is 7.27. The van der Waals surface area contributed by atoms with Crippen LogP contribution < -0.4 is 15.4 Å². The summed E-state index contributed by atoms with van der Waals surface area (Å²) in [5, 5.41) is 16.0. The van der Waals surface area contributed by atoms with Gasteiger partial charge in [-0.15, -0.1) is 17.5 Å². The van der Waals surface area contributed by atoms with E-state index >= 15 is 0 Å². The van der Waals surface area contributed by atoms with E-state index in [4.69, 9.17) is 4.74 Å². The third-order valence-corrected chi connectivity index (χ3v) is 6.74. The van der Waals surface area contributed by atoms with Gasteiger partial charge in [0.25, 0.3) is 5.82 Å². The second-order valence-corrected chi connectivity index (χ2v) is 9.17. The molecule has 0 spiro atoms. The Bertz CT molecular complexity index is 1290. The van der Waals surface area contributed by atoms with E-state index in [1.807, 2.05) is 30.3 Å². The largest absolute Gasteiger partial charge is 0.496 e. The molecule has 1 aromatic heterocycles. The van der Waals surface area contributed by atoms with E-state index < -0.39 is 12.0 Å². The van der Waals surface area contributed by atoms with Gasteiger partial charge in [-0.3, -0.25) is 9.59 Å². The molecule has 4 rings (SSSR count). The molecule has 0 bridgehead atoms. The maximum absolute atomic E-state index is 13.4. The fraction of sp³-hybridized carbons (Fsp3) is 0.423. The number of carbonyl (C=O) groups is 2. The zero-order chi connectivity index (χ0) is 28.0. The van der Waals surface area contributed by atoms with Crippen molar-refractivity contribution < 1.29 is 27.5 Å². The van der Waals surface area contributed by atoms with Gasteiger partial charge in [0.2, 0.25) is 11.8 Å². The van der Waals surface area contributed by atoms with Gasteiger partial charge in [-0.25, -0.2) is 0 Å². The highest BCUT2D eigenvalue weighted by Gasteiger charge is 2.38. The number of tetrazole rings is 1. The Kier molecular flexibility index (Phi) is 10.5. The molecule has 1 aliphatic rings. The summed E-state index contributed by atoms with van der Waals surface area (Å²) < 4.78 is 46.2. The van der Waals surface area contributed by atoms with Crippen LogP contribution in [-0.2, 0) is 22.3 Å². The summed E-state index contributed by atoms with van der Waals surface area (Å²) >= 11 is 0. The lowest BCUT2D eigenvalue weighted by molar-refractivity contribution is -0.146. The van der Waals surface area contributed by atoms with Crippen molar-refractivity contribution in [2.75, 3.05) is 26.7 Å². The molecule has 2 N–H and O–H groups in total. The molecule has 1 aliphatic heterocycles. The number of methoxy groups -OCH3 is 1. The van der Waals surface area contributed by atoms with Gasteiger partial charge in [0.05, 0.1) is 19.3 Å². The molecule has 2 aromatic carbocycles. The Labute approximate surface area is 235 Å². The van der Waals surface area contributed by atoms with Crippen molar-refractivity contribution in [2.24, 2.45) is 0 Å². The second kappa shape index (κ2) is 13.6. The van der Waals surface area contributed by atoms with Crippen LogP contribution in [0.15, 0.2) is 48.5 Å². The van der Waals surface area contributed by atoms with Crippen LogP contribution in [0.5, 0.6) is 5.75 Å². The zero-order valence-electron chi connectivity index (χ0n) is 22.0. The first-order valence-electron chi connectivity index (χ1n) is 12.6. The van der Waals surface area contributed by atoms with E-state index in [2.05, 4.69) is 26.2 Å². The SMILES string of the molecule is CCC(=O)NCC(=O)N1CC[C@H](NCc2cc(-n3nnnc3C(F)(F)F)ccc2OC)[C@H](c2ccccc2)C1.Cl. The van der Waals surface area contributed by atoms with Crippen molar-refractivity contribution in [1.29, 1.82) is 0 Å². The number of nitrogens with zero attached hydrogens (tertiary/aromatic N) is 5. The zero-order valence-corrected chi connectivity index (χ0v) is 22.8. The van der Waals surface area contributed by atoms with E-state index in [-0.39, 0.29) is 48.4 Å². The summed E-state index contributed by atoms with van der Waals surface area (Å²) in [4.78, 5) is 26.1. The first kappa shape index (κ1) is 30.8. The summed E-state index contributed by atoms with van der Waals surface area (Å²) in [5.74, 6) is -1.09. The predicted molar refractivity (Wildman–Crippen MR) is 142 cm³/mol. The van der Waals surface area contributed by atoms with Gasteiger partial charge in [0, 0.05) is 43.6 Å². The van der Waals surface area contributed by atoms with Gasteiger partial charge in [-0.2, -0.15) is 17.9 Å². The van der Waals surface area contributed by atoms with Gasteiger partial charge in [-0.05, 0) is 40.6 Å². The first-order chi connectivity index (χ1) is 18.7. The number of hydrogen-bond donors (Lipinski definition) is 2. The topological polar surface area (TPSA) is 114 Å². The highest BCUT2D eigenvalue weighted by atomic mass is 35.5. The van der Waals surface area contributed by atoms with Crippen molar-refractivity contribution in [3.05, 3.63) is 65.5 Å². The summed E-state index contributed by atoms with van der Waals surface area (Å²) in [6.07, 6.45) is -3.77. The van der Waals surface area contributed by atoms with E-state index in [9.17, 15) is 22.8 Å². The molecule has 0 aliphatic carbocycles. The number of hydrogen-bond acceptors (Lipinski definition) is 7. The van der Waals surface area contributed by atoms with Crippen molar-refractivity contribution in [2.45, 2.75) is 44.4 Å². The first-order valence-corrected chi connectivity index (χ1v) is 12.6. The molecule has 0 unspecified atom stereocenters. The third-order valence-electron chi connectivity index (χ3n) is 6.74. The van der Waals surface area contributed by atoms with Crippen LogP contribution >= 0.6 is 12.4 Å². The number of likely N-dealkylation sites (tertiary alicyclic amines) is 1. The number of nitrogens with one attached hydrogen (secondary N) is 2. The quantitative estimate of drug-likeness (QED) is 0.399. The van der Waals surface area contributed by atoms with Crippen LogP contribution in [0.3, 0.4) is 0 Å². The van der Waals surface area contributed by atoms with Gasteiger partial charge >= 0.3 is 6.18 Å². The Morgan fingerprint density at radius 1 is 1.15 bits per heavy atom. The summed E-state index contributed by atoms with van der Waals surface area (Å²) in [7, 11) is 1.49. The highest BCUT2D eigenvalue weighted by Crippen LogP contribution is 2.31. The minimum absolute atomic E-state index is 0. The number of benzene rings is 2. The minimum Gasteiger partial charge on any atom is -0.496 e. The Balaban J connectivity index is 0.00000441. The average molecular weight is 582 g/mol. The average Bonchev–Trinajstić information content (AvgIpc) is 3.46. The Hall–Kier alpha value is -3.71. The molecule has 216 valence electrons. The second-order valence-electron chi connectivity index (χ2n) is 9.17.